The summed E-state index contributed by atoms with van der Waals surface area (Å²) in [5.74, 6) is -4.93. The molecule has 0 aliphatic heterocycles. The van der Waals surface area contributed by atoms with Crippen molar-refractivity contribution in [1.82, 2.24) is 16.0 Å². The molecule has 0 saturated heterocycles. The summed E-state index contributed by atoms with van der Waals surface area (Å²) in [4.78, 5) is 60.8. The van der Waals surface area contributed by atoms with E-state index in [1.165, 1.54) is 23.9 Å². The standard InChI is InChI=1S/C23H34N4O8S/c1-12(2)19(22(33)26-17(23(34)35)11-18(29)30)27-21(32)16(10-13-4-6-14(28)7-5-13)25-20(31)15(24)8-9-36-3/h4-7,12,15-17,19,28H,8-11,24H2,1-3H3,(H,25,31)(H,26,33)(H,27,32)(H,29,30)(H,34,35). The van der Waals surface area contributed by atoms with E-state index in [2.05, 4.69) is 16.0 Å². The van der Waals surface area contributed by atoms with Crippen molar-refractivity contribution in [3.05, 3.63) is 29.8 Å². The Bertz CT molecular complexity index is 925. The largest absolute Gasteiger partial charge is 0.508 e. The third-order valence-electron chi connectivity index (χ3n) is 5.22. The number of aromatic hydroxyl groups is 1. The van der Waals surface area contributed by atoms with Crippen LogP contribution in [0.5, 0.6) is 5.75 Å². The topological polar surface area (TPSA) is 208 Å². The van der Waals surface area contributed by atoms with Crippen LogP contribution in [0.2, 0.25) is 0 Å². The van der Waals surface area contributed by atoms with Crippen molar-refractivity contribution in [2.45, 2.75) is 57.3 Å². The molecule has 0 bridgehead atoms. The van der Waals surface area contributed by atoms with Crippen molar-refractivity contribution < 1.29 is 39.3 Å². The number of nitrogens with two attached hydrogens (primary N) is 1. The molecule has 4 atom stereocenters. The van der Waals surface area contributed by atoms with E-state index in [0.29, 0.717) is 17.7 Å². The van der Waals surface area contributed by atoms with E-state index >= 15 is 0 Å². The molecule has 0 aliphatic carbocycles. The summed E-state index contributed by atoms with van der Waals surface area (Å²) < 4.78 is 0. The maximum atomic E-state index is 13.2. The number of carboxylic acid groups (broad SMARTS) is 2. The maximum absolute atomic E-state index is 13.2. The van der Waals surface area contributed by atoms with Crippen molar-refractivity contribution in [3.63, 3.8) is 0 Å². The molecule has 12 nitrogen and oxygen atoms in total. The van der Waals surface area contributed by atoms with E-state index in [9.17, 15) is 34.2 Å². The van der Waals surface area contributed by atoms with Crippen molar-refractivity contribution >= 4 is 41.4 Å². The van der Waals surface area contributed by atoms with E-state index in [0.717, 1.165) is 0 Å². The molecule has 1 aromatic carbocycles. The number of hydrogen-bond acceptors (Lipinski definition) is 8. The number of benzene rings is 1. The minimum Gasteiger partial charge on any atom is -0.508 e. The molecule has 3 amide bonds. The van der Waals surface area contributed by atoms with Crippen LogP contribution in [-0.4, -0.2) is 81.2 Å². The number of hydrogen-bond donors (Lipinski definition) is 7. The van der Waals surface area contributed by atoms with Crippen LogP contribution in [-0.2, 0) is 30.4 Å². The minimum atomic E-state index is -1.69. The monoisotopic (exact) mass is 526 g/mol. The highest BCUT2D eigenvalue weighted by atomic mass is 32.2. The zero-order valence-electron chi connectivity index (χ0n) is 20.4. The summed E-state index contributed by atoms with van der Waals surface area (Å²) in [6.07, 6.45) is 1.44. The van der Waals surface area contributed by atoms with Gasteiger partial charge in [-0.3, -0.25) is 19.2 Å². The molecule has 0 radical (unpaired) electrons. The van der Waals surface area contributed by atoms with Crippen LogP contribution < -0.4 is 21.7 Å². The lowest BCUT2D eigenvalue weighted by Crippen LogP contribution is -2.59. The average Bonchev–Trinajstić information content (AvgIpc) is 2.80. The number of phenols is 1. The Morgan fingerprint density at radius 2 is 1.50 bits per heavy atom. The van der Waals surface area contributed by atoms with Gasteiger partial charge in [0.1, 0.15) is 23.9 Å². The third kappa shape index (κ3) is 10.5. The fourth-order valence-corrected chi connectivity index (χ4v) is 3.65. The fourth-order valence-electron chi connectivity index (χ4n) is 3.16. The highest BCUT2D eigenvalue weighted by molar-refractivity contribution is 7.98. The molecule has 1 rings (SSSR count). The van der Waals surface area contributed by atoms with Gasteiger partial charge in [0, 0.05) is 6.42 Å². The number of rotatable bonds is 15. The van der Waals surface area contributed by atoms with Crippen LogP contribution in [0.1, 0.15) is 32.3 Å². The van der Waals surface area contributed by atoms with Crippen LogP contribution >= 0.6 is 11.8 Å². The van der Waals surface area contributed by atoms with E-state index in [1.807, 2.05) is 6.26 Å². The van der Waals surface area contributed by atoms with Crippen LogP contribution in [0, 0.1) is 5.92 Å². The number of thioether (sulfide) groups is 1. The Kier molecular flexibility index (Phi) is 12.7. The molecule has 13 heteroatoms. The smallest absolute Gasteiger partial charge is 0.326 e. The minimum absolute atomic E-state index is 0.0220. The zero-order chi connectivity index (χ0) is 27.4. The first kappa shape index (κ1) is 30.7. The van der Waals surface area contributed by atoms with Crippen LogP contribution in [0.15, 0.2) is 24.3 Å². The second-order valence-electron chi connectivity index (χ2n) is 8.55. The third-order valence-corrected chi connectivity index (χ3v) is 5.86. The van der Waals surface area contributed by atoms with Gasteiger partial charge in [-0.2, -0.15) is 11.8 Å². The highest BCUT2D eigenvalue weighted by Gasteiger charge is 2.32. The average molecular weight is 527 g/mol. The predicted octanol–water partition coefficient (Wildman–Crippen LogP) is -0.315. The summed E-state index contributed by atoms with van der Waals surface area (Å²) in [7, 11) is 0. The molecule has 0 aromatic heterocycles. The molecule has 0 saturated carbocycles. The van der Waals surface area contributed by atoms with Gasteiger partial charge in [0.15, 0.2) is 0 Å². The van der Waals surface area contributed by atoms with Gasteiger partial charge in [0.25, 0.3) is 0 Å². The first-order valence-electron chi connectivity index (χ1n) is 11.2. The lowest BCUT2D eigenvalue weighted by atomic mass is 10.00. The lowest BCUT2D eigenvalue weighted by molar-refractivity contribution is -0.147. The first-order chi connectivity index (χ1) is 16.8. The number of nitrogens with one attached hydrogen (secondary N) is 3. The number of carbonyl (C=O) groups excluding carboxylic acids is 3. The molecule has 36 heavy (non-hydrogen) atoms. The normalized spacial score (nSPS) is 14.2. The van der Waals surface area contributed by atoms with Crippen molar-refractivity contribution in [2.24, 2.45) is 11.7 Å². The van der Waals surface area contributed by atoms with Gasteiger partial charge in [0.05, 0.1) is 12.5 Å². The summed E-state index contributed by atoms with van der Waals surface area (Å²) in [6, 6.07) is 1.11. The molecule has 0 fully saturated rings. The highest BCUT2D eigenvalue weighted by Crippen LogP contribution is 2.13. The Morgan fingerprint density at radius 1 is 0.917 bits per heavy atom. The number of carboxylic acids is 2. The van der Waals surface area contributed by atoms with Crippen molar-refractivity contribution in [2.75, 3.05) is 12.0 Å². The summed E-state index contributed by atoms with van der Waals surface area (Å²) in [5.41, 5.74) is 6.54. The van der Waals surface area contributed by atoms with Gasteiger partial charge in [0.2, 0.25) is 17.7 Å². The van der Waals surface area contributed by atoms with E-state index in [-0.39, 0.29) is 12.2 Å². The second kappa shape index (κ2) is 14.9. The number of carbonyl (C=O) groups is 5. The summed E-state index contributed by atoms with van der Waals surface area (Å²) in [5, 5.41) is 34.9. The molecule has 0 aliphatic rings. The van der Waals surface area contributed by atoms with Gasteiger partial charge in [-0.1, -0.05) is 26.0 Å². The molecule has 0 spiro atoms. The zero-order valence-corrected chi connectivity index (χ0v) is 21.2. The Labute approximate surface area is 213 Å². The maximum Gasteiger partial charge on any atom is 0.326 e. The van der Waals surface area contributed by atoms with Gasteiger partial charge in [-0.15, -0.1) is 0 Å². The van der Waals surface area contributed by atoms with E-state index in [1.54, 1.807) is 26.0 Å². The SMILES string of the molecule is CSCCC(N)C(=O)NC(Cc1ccc(O)cc1)C(=O)NC(C(=O)NC(CC(=O)O)C(=O)O)C(C)C. The van der Waals surface area contributed by atoms with Gasteiger partial charge >= 0.3 is 11.9 Å². The molecular weight excluding hydrogens is 492 g/mol. The molecule has 8 N–H and O–H groups in total. The van der Waals surface area contributed by atoms with Crippen LogP contribution in [0.3, 0.4) is 0 Å². The predicted molar refractivity (Wildman–Crippen MR) is 133 cm³/mol. The van der Waals surface area contributed by atoms with Crippen LogP contribution in [0.4, 0.5) is 0 Å². The summed E-state index contributed by atoms with van der Waals surface area (Å²) >= 11 is 1.52. The quantitative estimate of drug-likeness (QED) is 0.158. The van der Waals surface area contributed by atoms with Crippen LogP contribution in [0.25, 0.3) is 0 Å². The number of phenolic OH excluding ortho intramolecular Hbond substituents is 1. The fraction of sp³-hybridized carbons (Fsp3) is 0.522. The van der Waals surface area contributed by atoms with Crippen molar-refractivity contribution in [3.8, 4) is 5.75 Å². The lowest BCUT2D eigenvalue weighted by Gasteiger charge is -2.27. The first-order valence-corrected chi connectivity index (χ1v) is 12.6. The molecule has 4 unspecified atom stereocenters. The van der Waals surface area contributed by atoms with E-state index in [4.69, 9.17) is 10.8 Å². The number of amides is 3. The second-order valence-corrected chi connectivity index (χ2v) is 9.53. The van der Waals surface area contributed by atoms with E-state index < -0.39 is 66.2 Å². The molecular formula is C23H34N4O8S. The van der Waals surface area contributed by atoms with Crippen molar-refractivity contribution in [1.29, 1.82) is 0 Å². The Morgan fingerprint density at radius 3 is 2.00 bits per heavy atom. The van der Waals surface area contributed by atoms with Gasteiger partial charge in [-0.05, 0) is 42.0 Å². The Balaban J connectivity index is 3.09. The molecule has 1 aromatic rings. The number of aliphatic carboxylic acids is 2. The summed E-state index contributed by atoms with van der Waals surface area (Å²) in [6.45, 7) is 3.23. The molecule has 0 heterocycles. The Hall–Kier alpha value is -3.32. The van der Waals surface area contributed by atoms with Gasteiger partial charge < -0.3 is 37.0 Å². The van der Waals surface area contributed by atoms with Gasteiger partial charge in [-0.25, -0.2) is 4.79 Å². The molecule has 200 valence electrons.